The molecule has 48 heavy (non-hydrogen) atoms. The van der Waals surface area contributed by atoms with Crippen molar-refractivity contribution < 1.29 is 30.5 Å². The number of rotatable bonds is 3. The quantitative estimate of drug-likeness (QED) is 0.132. The van der Waals surface area contributed by atoms with Gasteiger partial charge in [0, 0.05) is 62.9 Å². The van der Waals surface area contributed by atoms with E-state index in [0.717, 1.165) is 77.6 Å². The van der Waals surface area contributed by atoms with Crippen LogP contribution in [0.1, 0.15) is 25.0 Å². The molecule has 0 unspecified atom stereocenters. The van der Waals surface area contributed by atoms with Crippen molar-refractivity contribution >= 4 is 49.3 Å². The van der Waals surface area contributed by atoms with Crippen molar-refractivity contribution in [3.05, 3.63) is 145 Å². The molecule has 0 N–H and O–H groups in total. The predicted molar refractivity (Wildman–Crippen MR) is 185 cm³/mol. The molecule has 0 saturated heterocycles. The Morgan fingerprint density at radius 1 is 0.667 bits per heavy atom. The minimum Gasteiger partial charge on any atom is -0.503 e. The number of hydrogen-bond acceptors (Lipinski definition) is 4. The van der Waals surface area contributed by atoms with Gasteiger partial charge in [-0.1, -0.05) is 72.8 Å². The summed E-state index contributed by atoms with van der Waals surface area (Å²) in [6.07, 6.45) is 5.65. The number of fused-ring (bicyclic) bond motifs is 12. The van der Waals surface area contributed by atoms with E-state index in [0.29, 0.717) is 11.5 Å². The summed E-state index contributed by atoms with van der Waals surface area (Å²) in [6.45, 7) is 4.53. The van der Waals surface area contributed by atoms with Crippen molar-refractivity contribution in [2.24, 2.45) is 0 Å². The van der Waals surface area contributed by atoms with E-state index in [-0.39, 0.29) is 26.5 Å². The number of pyridine rings is 2. The van der Waals surface area contributed by atoms with Crippen LogP contribution in [0.3, 0.4) is 0 Å². The molecule has 0 bridgehead atoms. The maximum atomic E-state index is 6.52. The molecule has 4 aromatic heterocycles. The van der Waals surface area contributed by atoms with E-state index >= 15 is 0 Å². The van der Waals surface area contributed by atoms with Gasteiger partial charge in [-0.05, 0) is 41.8 Å². The van der Waals surface area contributed by atoms with Gasteiger partial charge < -0.3 is 18.4 Å². The minimum atomic E-state index is -0.327. The Morgan fingerprint density at radius 2 is 1.46 bits per heavy atom. The average Bonchev–Trinajstić information content (AvgIpc) is 3.72. The van der Waals surface area contributed by atoms with Crippen LogP contribution in [0.2, 0.25) is 0 Å². The van der Waals surface area contributed by atoms with Gasteiger partial charge in [-0.3, -0.25) is 4.98 Å². The smallest absolute Gasteiger partial charge is 0.503 e. The van der Waals surface area contributed by atoms with Gasteiger partial charge >= 0.3 is 21.1 Å². The van der Waals surface area contributed by atoms with Crippen LogP contribution in [-0.4, -0.2) is 18.9 Å². The maximum Gasteiger partial charge on any atom is 2.00 e. The van der Waals surface area contributed by atoms with Crippen LogP contribution in [0.4, 0.5) is 0 Å². The molecule has 5 heterocycles. The summed E-state index contributed by atoms with van der Waals surface area (Å²) in [7, 11) is 0. The molecule has 6 nitrogen and oxygen atoms in total. The fraction of sp³-hybridized carbons (Fsp3) is 0.0732. The Bertz CT molecular complexity index is 2740. The van der Waals surface area contributed by atoms with Gasteiger partial charge in [-0.25, -0.2) is 4.98 Å². The number of benzene rings is 5. The van der Waals surface area contributed by atoms with Crippen molar-refractivity contribution in [3.8, 4) is 28.7 Å². The normalized spacial score (nSPS) is 13.4. The van der Waals surface area contributed by atoms with Gasteiger partial charge in [0.15, 0.2) is 0 Å². The molecule has 0 saturated carbocycles. The zero-order valence-electron chi connectivity index (χ0n) is 26.0. The monoisotopic (exact) mass is 801 g/mol. The van der Waals surface area contributed by atoms with Crippen LogP contribution in [0.5, 0.6) is 23.0 Å². The van der Waals surface area contributed by atoms with Gasteiger partial charge in [-0.15, -0.1) is 30.3 Å². The third-order valence-electron chi connectivity index (χ3n) is 9.51. The number of hydrogen-bond donors (Lipinski definition) is 0. The second-order valence-electron chi connectivity index (χ2n) is 12.5. The van der Waals surface area contributed by atoms with Gasteiger partial charge in [0.2, 0.25) is 0 Å². The molecule has 9 aromatic rings. The Balaban J connectivity index is 0.00000314. The molecule has 1 aliphatic heterocycles. The van der Waals surface area contributed by atoms with Crippen LogP contribution < -0.4 is 9.47 Å². The van der Waals surface area contributed by atoms with Crippen molar-refractivity contribution in [2.75, 3.05) is 0 Å². The van der Waals surface area contributed by atoms with Crippen LogP contribution in [0.25, 0.3) is 54.9 Å². The summed E-state index contributed by atoms with van der Waals surface area (Å²) in [5.41, 5.74) is 6.62. The van der Waals surface area contributed by atoms with Gasteiger partial charge in [0.05, 0.1) is 11.2 Å². The first kappa shape index (κ1) is 28.7. The molecule has 0 spiro atoms. The van der Waals surface area contributed by atoms with Gasteiger partial charge in [0.1, 0.15) is 17.1 Å². The molecule has 0 aliphatic carbocycles. The van der Waals surface area contributed by atoms with E-state index < -0.39 is 0 Å². The molecule has 7 heteroatoms. The van der Waals surface area contributed by atoms with Crippen molar-refractivity contribution in [3.63, 3.8) is 0 Å². The Hall–Kier alpha value is -5.45. The summed E-state index contributed by atoms with van der Waals surface area (Å²) in [5.74, 6) is 2.91. The van der Waals surface area contributed by atoms with Crippen molar-refractivity contribution in [2.45, 2.75) is 19.3 Å². The first-order chi connectivity index (χ1) is 23.1. The Kier molecular flexibility index (Phi) is 6.31. The van der Waals surface area contributed by atoms with E-state index in [2.05, 4.69) is 101 Å². The molecule has 5 aromatic carbocycles. The Labute approximate surface area is 290 Å². The minimum absolute atomic E-state index is 0. The average molecular weight is 802 g/mol. The van der Waals surface area contributed by atoms with Crippen molar-refractivity contribution in [1.82, 2.24) is 18.9 Å². The number of imidazole rings is 1. The summed E-state index contributed by atoms with van der Waals surface area (Å²) in [4.78, 5) is 9.54. The Morgan fingerprint density at radius 3 is 2.40 bits per heavy atom. The molecule has 10 rings (SSSR count). The standard InChI is InChI=1S/C41H26N4O2.Pt/c1-41(2)33-13-4-6-15-35(33)47-36-19-18-30-31-12-8-20-42-40(31)45(38(30)37(36)41)25-9-7-10-26(23-25)46-27-16-17-28-29-11-3-5-14-34(29)44-22-21-43-39(44)32(28)24-27;/h3-22H,1-2H3;/q-2;+2. The van der Waals surface area contributed by atoms with E-state index in [1.807, 2.05) is 61.1 Å². The molecule has 232 valence electrons. The van der Waals surface area contributed by atoms with E-state index in [1.54, 1.807) is 0 Å². The fourth-order valence-corrected chi connectivity index (χ4v) is 7.44. The number of ether oxygens (including phenoxy) is 2. The number of aromatic nitrogens is 4. The van der Waals surface area contributed by atoms with Gasteiger partial charge in [0.25, 0.3) is 0 Å². The third kappa shape index (κ3) is 4.02. The van der Waals surface area contributed by atoms with Crippen LogP contribution in [0, 0.1) is 12.1 Å². The second-order valence-corrected chi connectivity index (χ2v) is 12.5. The SMILES string of the molecule is CC1(C)c2ccccc2Oc2ccc3c4cccnc4n(-c4[c-]c(Oc5[c-]c6c(cc5)c5ccccc5n5ccnc65)ccc4)c3c21.[Pt+2]. The number of nitrogens with zero attached hydrogens (tertiary/aromatic N) is 4. The van der Waals surface area contributed by atoms with Crippen LogP contribution in [-0.2, 0) is 26.5 Å². The molecule has 0 fully saturated rings. The number of para-hydroxylation sites is 2. The zero-order chi connectivity index (χ0) is 31.3. The first-order valence-corrected chi connectivity index (χ1v) is 15.7. The third-order valence-corrected chi connectivity index (χ3v) is 9.51. The zero-order valence-corrected chi connectivity index (χ0v) is 28.2. The van der Waals surface area contributed by atoms with Crippen LogP contribution in [0.15, 0.2) is 122 Å². The fourth-order valence-electron chi connectivity index (χ4n) is 7.44. The maximum absolute atomic E-state index is 6.52. The largest absolute Gasteiger partial charge is 2.00 e. The molecular formula is C41H26N4O2Pt. The second kappa shape index (κ2) is 10.5. The molecule has 1 aliphatic rings. The first-order valence-electron chi connectivity index (χ1n) is 15.7. The molecule has 0 radical (unpaired) electrons. The van der Waals surface area contributed by atoms with E-state index in [1.165, 1.54) is 0 Å². The van der Waals surface area contributed by atoms with E-state index in [9.17, 15) is 0 Å². The molecule has 0 amide bonds. The van der Waals surface area contributed by atoms with E-state index in [4.69, 9.17) is 14.5 Å². The molecule has 0 atom stereocenters. The summed E-state index contributed by atoms with van der Waals surface area (Å²) in [6, 6.07) is 42.1. The summed E-state index contributed by atoms with van der Waals surface area (Å²) in [5, 5.41) is 5.31. The molecular weight excluding hydrogens is 776 g/mol. The predicted octanol–water partition coefficient (Wildman–Crippen LogP) is 9.95. The summed E-state index contributed by atoms with van der Waals surface area (Å²) >= 11 is 0. The summed E-state index contributed by atoms with van der Waals surface area (Å²) < 4.78 is 17.3. The van der Waals surface area contributed by atoms with Gasteiger partial charge in [-0.2, -0.15) is 6.07 Å². The van der Waals surface area contributed by atoms with Crippen LogP contribution >= 0.6 is 0 Å². The van der Waals surface area contributed by atoms with Crippen molar-refractivity contribution in [1.29, 1.82) is 0 Å². The topological polar surface area (TPSA) is 53.6 Å².